The number of primary amides is 1. The zero-order valence-corrected chi connectivity index (χ0v) is 12.9. The number of pyridine rings is 1. The summed E-state index contributed by atoms with van der Waals surface area (Å²) in [6, 6.07) is 21.3. The number of hydrogen-bond acceptors (Lipinski definition) is 2. The molecule has 0 saturated carbocycles. The van der Waals surface area contributed by atoms with Gasteiger partial charge in [0.05, 0.1) is 5.69 Å². The zero-order valence-electron chi connectivity index (χ0n) is 12.9. The van der Waals surface area contributed by atoms with Gasteiger partial charge in [-0.25, -0.2) is 4.98 Å². The molecule has 0 saturated heterocycles. The van der Waals surface area contributed by atoms with Crippen molar-refractivity contribution in [1.29, 1.82) is 0 Å². The van der Waals surface area contributed by atoms with E-state index in [2.05, 4.69) is 4.98 Å². The topological polar surface area (TPSA) is 60.4 Å². The minimum atomic E-state index is -0.458. The largest absolute Gasteiger partial charge is 0.366 e. The molecular weight excluding hydrogens is 298 g/mol. The Labute approximate surface area is 139 Å². The van der Waals surface area contributed by atoms with Crippen LogP contribution in [0.4, 0.5) is 0 Å². The third-order valence-corrected chi connectivity index (χ3v) is 4.03. The number of carbonyl (C=O) groups is 1. The lowest BCUT2D eigenvalue weighted by atomic mass is 9.93. The van der Waals surface area contributed by atoms with Crippen LogP contribution in [0.3, 0.4) is 0 Å². The van der Waals surface area contributed by atoms with E-state index in [1.165, 1.54) is 0 Å². The van der Waals surface area contributed by atoms with Crippen LogP contribution in [-0.2, 0) is 0 Å². The van der Waals surface area contributed by atoms with E-state index >= 15 is 0 Å². The van der Waals surface area contributed by atoms with Crippen LogP contribution >= 0.6 is 0 Å². The van der Waals surface area contributed by atoms with E-state index in [0.717, 1.165) is 28.0 Å². The van der Waals surface area contributed by atoms with Gasteiger partial charge in [-0.05, 0) is 29.3 Å². The summed E-state index contributed by atoms with van der Waals surface area (Å²) in [6.07, 6.45) is 3.85. The Kier molecular flexibility index (Phi) is 3.35. The quantitative estimate of drug-likeness (QED) is 0.626. The summed E-state index contributed by atoms with van der Waals surface area (Å²) in [7, 11) is 0. The van der Waals surface area contributed by atoms with Crippen LogP contribution in [0.5, 0.6) is 0 Å². The number of hydrogen-bond donors (Lipinski definition) is 1. The van der Waals surface area contributed by atoms with E-state index < -0.39 is 5.91 Å². The molecule has 116 valence electrons. The van der Waals surface area contributed by atoms with Gasteiger partial charge in [-0.2, -0.15) is 0 Å². The average molecular weight is 313 g/mol. The molecule has 0 radical (unpaired) electrons. The lowest BCUT2D eigenvalue weighted by molar-refractivity contribution is 0.100. The summed E-state index contributed by atoms with van der Waals surface area (Å²) < 4.78 is 1.93. The highest BCUT2D eigenvalue weighted by Crippen LogP contribution is 2.34. The van der Waals surface area contributed by atoms with Gasteiger partial charge >= 0.3 is 0 Å². The number of benzene rings is 2. The molecule has 0 aliphatic heterocycles. The van der Waals surface area contributed by atoms with Crippen molar-refractivity contribution in [2.24, 2.45) is 5.73 Å². The van der Waals surface area contributed by atoms with Crippen molar-refractivity contribution in [3.05, 3.63) is 84.7 Å². The van der Waals surface area contributed by atoms with E-state index in [1.54, 1.807) is 6.07 Å². The molecule has 0 fully saturated rings. The minimum absolute atomic E-state index is 0.458. The van der Waals surface area contributed by atoms with Crippen molar-refractivity contribution < 1.29 is 4.79 Å². The fourth-order valence-electron chi connectivity index (χ4n) is 2.95. The standard InChI is InChI=1S/C20H15N3O/c21-20(24)16-10-6-9-15(14-7-2-1-3-8-14)19(16)17-13-23-12-5-4-11-18(23)22-17/h1-13H,(H2,21,24). The van der Waals surface area contributed by atoms with Gasteiger partial charge < -0.3 is 10.1 Å². The Morgan fingerprint density at radius 1 is 0.917 bits per heavy atom. The van der Waals surface area contributed by atoms with Crippen LogP contribution in [0.1, 0.15) is 10.4 Å². The van der Waals surface area contributed by atoms with Gasteiger partial charge in [0.2, 0.25) is 5.91 Å². The van der Waals surface area contributed by atoms with Crippen molar-refractivity contribution in [3.63, 3.8) is 0 Å². The summed E-state index contributed by atoms with van der Waals surface area (Å²) >= 11 is 0. The van der Waals surface area contributed by atoms with E-state index in [-0.39, 0.29) is 0 Å². The highest BCUT2D eigenvalue weighted by atomic mass is 16.1. The first-order valence-electron chi connectivity index (χ1n) is 7.66. The summed E-state index contributed by atoms with van der Waals surface area (Å²) in [5.41, 5.74) is 10.4. The molecule has 4 heteroatoms. The average Bonchev–Trinajstić information content (AvgIpc) is 3.05. The third-order valence-electron chi connectivity index (χ3n) is 4.03. The van der Waals surface area contributed by atoms with Gasteiger partial charge in [0, 0.05) is 23.5 Å². The van der Waals surface area contributed by atoms with E-state index in [9.17, 15) is 4.79 Å². The first-order valence-corrected chi connectivity index (χ1v) is 7.66. The van der Waals surface area contributed by atoms with Gasteiger partial charge in [0.25, 0.3) is 0 Å². The molecule has 2 aromatic carbocycles. The summed E-state index contributed by atoms with van der Waals surface area (Å²) in [5, 5.41) is 0. The highest BCUT2D eigenvalue weighted by molar-refractivity contribution is 6.03. The number of amides is 1. The molecular formula is C20H15N3O. The van der Waals surface area contributed by atoms with Gasteiger partial charge in [-0.3, -0.25) is 4.79 Å². The number of rotatable bonds is 3. The monoisotopic (exact) mass is 313 g/mol. The lowest BCUT2D eigenvalue weighted by Gasteiger charge is -2.11. The van der Waals surface area contributed by atoms with Gasteiger partial charge in [-0.1, -0.05) is 48.5 Å². The molecule has 2 heterocycles. The molecule has 0 aliphatic rings. The first kappa shape index (κ1) is 14.2. The highest BCUT2D eigenvalue weighted by Gasteiger charge is 2.18. The Balaban J connectivity index is 2.03. The van der Waals surface area contributed by atoms with Gasteiger partial charge in [-0.15, -0.1) is 0 Å². The molecule has 0 aliphatic carbocycles. The predicted octanol–water partition coefficient (Wildman–Crippen LogP) is 3.77. The maximum Gasteiger partial charge on any atom is 0.249 e. The smallest absolute Gasteiger partial charge is 0.249 e. The van der Waals surface area contributed by atoms with Crippen LogP contribution in [-0.4, -0.2) is 15.3 Å². The van der Waals surface area contributed by atoms with Crippen molar-refractivity contribution >= 4 is 11.6 Å². The second kappa shape index (κ2) is 5.66. The fourth-order valence-corrected chi connectivity index (χ4v) is 2.95. The van der Waals surface area contributed by atoms with E-state index in [1.807, 2.05) is 77.5 Å². The first-order chi connectivity index (χ1) is 11.7. The molecule has 0 spiro atoms. The van der Waals surface area contributed by atoms with Crippen molar-refractivity contribution in [3.8, 4) is 22.4 Å². The van der Waals surface area contributed by atoms with Crippen LogP contribution in [0.25, 0.3) is 28.0 Å². The second-order valence-corrected chi connectivity index (χ2v) is 5.55. The van der Waals surface area contributed by atoms with E-state index in [4.69, 9.17) is 5.73 Å². The fraction of sp³-hybridized carbons (Fsp3) is 0. The van der Waals surface area contributed by atoms with E-state index in [0.29, 0.717) is 5.56 Å². The minimum Gasteiger partial charge on any atom is -0.366 e. The molecule has 4 rings (SSSR count). The normalized spacial score (nSPS) is 10.8. The zero-order chi connectivity index (χ0) is 16.5. The van der Waals surface area contributed by atoms with Crippen molar-refractivity contribution in [2.45, 2.75) is 0 Å². The summed E-state index contributed by atoms with van der Waals surface area (Å²) in [4.78, 5) is 16.6. The SMILES string of the molecule is NC(=O)c1cccc(-c2ccccc2)c1-c1cn2ccccc2n1. The number of nitrogens with two attached hydrogens (primary N) is 1. The molecule has 4 nitrogen and oxygen atoms in total. The Bertz CT molecular complexity index is 1000. The molecule has 0 bridgehead atoms. The van der Waals surface area contributed by atoms with Crippen LogP contribution in [0, 0.1) is 0 Å². The molecule has 4 aromatic rings. The Hall–Kier alpha value is -3.40. The molecule has 1 amide bonds. The lowest BCUT2D eigenvalue weighted by Crippen LogP contribution is -2.13. The Morgan fingerprint density at radius 2 is 1.71 bits per heavy atom. The van der Waals surface area contributed by atoms with Gasteiger partial charge in [0.15, 0.2) is 0 Å². The number of nitrogens with zero attached hydrogens (tertiary/aromatic N) is 2. The summed E-state index contributed by atoms with van der Waals surface area (Å²) in [6.45, 7) is 0. The predicted molar refractivity (Wildman–Crippen MR) is 94.6 cm³/mol. The molecule has 0 unspecified atom stereocenters. The molecule has 2 N–H and O–H groups in total. The molecule has 0 atom stereocenters. The van der Waals surface area contributed by atoms with Crippen molar-refractivity contribution in [1.82, 2.24) is 9.38 Å². The Morgan fingerprint density at radius 3 is 2.46 bits per heavy atom. The van der Waals surface area contributed by atoms with Crippen LogP contribution in [0.15, 0.2) is 79.1 Å². The number of carbonyl (C=O) groups excluding carboxylic acids is 1. The number of fused-ring (bicyclic) bond motifs is 1. The maximum atomic E-state index is 12.0. The van der Waals surface area contributed by atoms with Gasteiger partial charge in [0.1, 0.15) is 5.65 Å². The van der Waals surface area contributed by atoms with Crippen molar-refractivity contribution in [2.75, 3.05) is 0 Å². The molecule has 2 aromatic heterocycles. The number of aromatic nitrogens is 2. The summed E-state index contributed by atoms with van der Waals surface area (Å²) in [5.74, 6) is -0.458. The van der Waals surface area contributed by atoms with Crippen LogP contribution in [0.2, 0.25) is 0 Å². The third kappa shape index (κ3) is 2.34. The van der Waals surface area contributed by atoms with Crippen LogP contribution < -0.4 is 5.73 Å². The molecule has 24 heavy (non-hydrogen) atoms. The number of imidazole rings is 1. The maximum absolute atomic E-state index is 12.0. The second-order valence-electron chi connectivity index (χ2n) is 5.55.